The number of nitrogens with one attached hydrogen (secondary N) is 1. The first-order valence-electron chi connectivity index (χ1n) is 10.0. The molecule has 156 valence electrons. The fourth-order valence-corrected chi connectivity index (χ4v) is 3.17. The van der Waals surface area contributed by atoms with E-state index in [9.17, 15) is 9.59 Å². The van der Waals surface area contributed by atoms with Gasteiger partial charge in [0.05, 0.1) is 13.5 Å². The van der Waals surface area contributed by atoms with Crippen molar-refractivity contribution in [3.8, 4) is 5.75 Å². The van der Waals surface area contributed by atoms with Gasteiger partial charge in [0.25, 0.3) is 0 Å². The zero-order chi connectivity index (χ0) is 21.4. The fourth-order valence-electron chi connectivity index (χ4n) is 3.17. The first-order chi connectivity index (χ1) is 13.7. The lowest BCUT2D eigenvalue weighted by molar-refractivity contribution is -0.141. The number of hydrogen-bond acceptors (Lipinski definition) is 3. The van der Waals surface area contributed by atoms with Crippen molar-refractivity contribution < 1.29 is 14.3 Å². The largest absolute Gasteiger partial charge is 0.497 e. The van der Waals surface area contributed by atoms with E-state index in [2.05, 4.69) is 5.32 Å². The Kier molecular flexibility index (Phi) is 7.82. The zero-order valence-corrected chi connectivity index (χ0v) is 18.1. The Morgan fingerprint density at radius 1 is 1.00 bits per heavy atom. The number of benzene rings is 2. The van der Waals surface area contributed by atoms with Crippen LogP contribution >= 0.6 is 0 Å². The van der Waals surface area contributed by atoms with Crippen molar-refractivity contribution in [2.75, 3.05) is 7.11 Å². The molecule has 0 radical (unpaired) electrons. The van der Waals surface area contributed by atoms with Gasteiger partial charge in [0.15, 0.2) is 0 Å². The molecule has 2 amide bonds. The highest BCUT2D eigenvalue weighted by Crippen LogP contribution is 2.18. The summed E-state index contributed by atoms with van der Waals surface area (Å²) in [5, 5.41) is 3.02. The monoisotopic (exact) mass is 396 g/mol. The summed E-state index contributed by atoms with van der Waals surface area (Å²) in [4.78, 5) is 27.9. The molecule has 1 unspecified atom stereocenters. The first-order valence-corrected chi connectivity index (χ1v) is 10.0. The summed E-state index contributed by atoms with van der Waals surface area (Å²) >= 11 is 0. The van der Waals surface area contributed by atoms with Crippen molar-refractivity contribution in [1.82, 2.24) is 10.2 Å². The van der Waals surface area contributed by atoms with Crippen molar-refractivity contribution in [2.45, 2.75) is 58.7 Å². The second-order valence-corrected chi connectivity index (χ2v) is 8.20. The Morgan fingerprint density at radius 2 is 1.62 bits per heavy atom. The number of nitrogens with zero attached hydrogens (tertiary/aromatic N) is 1. The molecule has 1 atom stereocenters. The molecule has 0 heterocycles. The average Bonchev–Trinajstić information content (AvgIpc) is 2.67. The van der Waals surface area contributed by atoms with Crippen LogP contribution in [0.1, 0.15) is 45.2 Å². The van der Waals surface area contributed by atoms with Gasteiger partial charge in [-0.1, -0.05) is 49.4 Å². The molecule has 29 heavy (non-hydrogen) atoms. The van der Waals surface area contributed by atoms with Crippen LogP contribution in [0.5, 0.6) is 5.75 Å². The number of methoxy groups -OCH3 is 1. The van der Waals surface area contributed by atoms with Gasteiger partial charge in [0.2, 0.25) is 11.8 Å². The van der Waals surface area contributed by atoms with Crippen LogP contribution in [0.4, 0.5) is 0 Å². The second-order valence-electron chi connectivity index (χ2n) is 8.20. The van der Waals surface area contributed by atoms with E-state index in [4.69, 9.17) is 4.74 Å². The van der Waals surface area contributed by atoms with Crippen molar-refractivity contribution in [1.29, 1.82) is 0 Å². The molecule has 1 N–H and O–H groups in total. The van der Waals surface area contributed by atoms with Gasteiger partial charge in [-0.15, -0.1) is 0 Å². The molecule has 2 aromatic rings. The van der Waals surface area contributed by atoms with Crippen LogP contribution in [0.2, 0.25) is 0 Å². The standard InChI is InChI=1S/C24H32N2O3/c1-6-21(23(28)25-24(2,3)4)26(17-19-12-14-20(29-5)15-13-19)22(27)16-18-10-8-7-9-11-18/h7-15,21H,6,16-17H2,1-5H3,(H,25,28). The van der Waals surface area contributed by atoms with Crippen LogP contribution in [0.3, 0.4) is 0 Å². The number of rotatable bonds is 8. The summed E-state index contributed by atoms with van der Waals surface area (Å²) in [7, 11) is 1.62. The van der Waals surface area contributed by atoms with Gasteiger partial charge in [0.1, 0.15) is 11.8 Å². The van der Waals surface area contributed by atoms with E-state index in [1.165, 1.54) is 0 Å². The molecule has 0 saturated heterocycles. The van der Waals surface area contributed by atoms with E-state index in [1.54, 1.807) is 12.0 Å². The minimum Gasteiger partial charge on any atom is -0.497 e. The summed E-state index contributed by atoms with van der Waals surface area (Å²) < 4.78 is 5.22. The van der Waals surface area contributed by atoms with E-state index < -0.39 is 6.04 Å². The van der Waals surface area contributed by atoms with E-state index in [0.717, 1.165) is 16.9 Å². The van der Waals surface area contributed by atoms with Crippen LogP contribution in [0.25, 0.3) is 0 Å². The van der Waals surface area contributed by atoms with E-state index in [-0.39, 0.29) is 23.8 Å². The maximum Gasteiger partial charge on any atom is 0.243 e. The van der Waals surface area contributed by atoms with Crippen molar-refractivity contribution in [2.24, 2.45) is 0 Å². The average molecular weight is 397 g/mol. The SMILES string of the molecule is CCC(C(=O)NC(C)(C)C)N(Cc1ccc(OC)cc1)C(=O)Cc1ccccc1. The van der Waals surface area contributed by atoms with E-state index in [1.807, 2.05) is 82.3 Å². The molecule has 0 spiro atoms. The molecular weight excluding hydrogens is 364 g/mol. The summed E-state index contributed by atoms with van der Waals surface area (Å²) in [6, 6.07) is 16.7. The molecule has 0 bridgehead atoms. The predicted molar refractivity (Wildman–Crippen MR) is 116 cm³/mol. The van der Waals surface area contributed by atoms with Gasteiger partial charge in [-0.25, -0.2) is 0 Å². The van der Waals surface area contributed by atoms with Gasteiger partial charge in [-0.2, -0.15) is 0 Å². The summed E-state index contributed by atoms with van der Waals surface area (Å²) in [5.74, 6) is 0.561. The lowest BCUT2D eigenvalue weighted by Gasteiger charge is -2.33. The number of amides is 2. The first kappa shape index (κ1) is 22.5. The number of carbonyl (C=O) groups is 2. The lowest BCUT2D eigenvalue weighted by Crippen LogP contribution is -2.53. The minimum atomic E-state index is -0.535. The maximum atomic E-state index is 13.2. The Balaban J connectivity index is 2.28. The van der Waals surface area contributed by atoms with Gasteiger partial charge in [-0.3, -0.25) is 9.59 Å². The third-order valence-electron chi connectivity index (χ3n) is 4.59. The number of carbonyl (C=O) groups excluding carboxylic acids is 2. The lowest BCUT2D eigenvalue weighted by atomic mass is 10.0. The Hall–Kier alpha value is -2.82. The molecule has 2 rings (SSSR count). The van der Waals surface area contributed by atoms with Crippen molar-refractivity contribution >= 4 is 11.8 Å². The van der Waals surface area contributed by atoms with Crippen LogP contribution in [0, 0.1) is 0 Å². The Bertz CT molecular complexity index is 795. The smallest absolute Gasteiger partial charge is 0.243 e. The molecule has 5 heteroatoms. The molecular formula is C24H32N2O3. The molecule has 0 fully saturated rings. The molecule has 0 saturated carbocycles. The summed E-state index contributed by atoms with van der Waals surface area (Å²) in [5.41, 5.74) is 1.52. The van der Waals surface area contributed by atoms with Crippen molar-refractivity contribution in [3.05, 3.63) is 65.7 Å². The molecule has 0 aromatic heterocycles. The zero-order valence-electron chi connectivity index (χ0n) is 18.1. The van der Waals surface area contributed by atoms with Crippen LogP contribution < -0.4 is 10.1 Å². The van der Waals surface area contributed by atoms with Gasteiger partial charge in [0, 0.05) is 12.1 Å². The molecule has 2 aromatic carbocycles. The summed E-state index contributed by atoms with van der Waals surface area (Å²) in [6.45, 7) is 8.13. The van der Waals surface area contributed by atoms with Crippen LogP contribution in [-0.4, -0.2) is 35.4 Å². The Labute approximate surface area is 174 Å². The minimum absolute atomic E-state index is 0.0667. The third-order valence-corrected chi connectivity index (χ3v) is 4.59. The van der Waals surface area contributed by atoms with Gasteiger partial charge >= 0.3 is 0 Å². The van der Waals surface area contributed by atoms with Crippen LogP contribution in [0.15, 0.2) is 54.6 Å². The predicted octanol–water partition coefficient (Wildman–Crippen LogP) is 3.96. The molecule has 0 aliphatic heterocycles. The molecule has 0 aliphatic rings. The third kappa shape index (κ3) is 6.93. The molecule has 5 nitrogen and oxygen atoms in total. The summed E-state index contributed by atoms with van der Waals surface area (Å²) in [6.07, 6.45) is 0.800. The number of hydrogen-bond donors (Lipinski definition) is 1. The normalized spacial score (nSPS) is 12.2. The quantitative estimate of drug-likeness (QED) is 0.735. The van der Waals surface area contributed by atoms with E-state index >= 15 is 0 Å². The fraction of sp³-hybridized carbons (Fsp3) is 0.417. The highest BCUT2D eigenvalue weighted by molar-refractivity contribution is 5.88. The van der Waals surface area contributed by atoms with Gasteiger partial charge < -0.3 is 15.0 Å². The Morgan fingerprint density at radius 3 is 2.14 bits per heavy atom. The van der Waals surface area contributed by atoms with E-state index in [0.29, 0.717) is 13.0 Å². The van der Waals surface area contributed by atoms with Gasteiger partial charge in [-0.05, 0) is 50.5 Å². The second kappa shape index (κ2) is 10.1. The molecule has 0 aliphatic carbocycles. The van der Waals surface area contributed by atoms with Crippen molar-refractivity contribution in [3.63, 3.8) is 0 Å². The highest BCUT2D eigenvalue weighted by atomic mass is 16.5. The maximum absolute atomic E-state index is 13.2. The topological polar surface area (TPSA) is 58.6 Å². The van der Waals surface area contributed by atoms with Crippen LogP contribution in [-0.2, 0) is 22.6 Å². The highest BCUT2D eigenvalue weighted by Gasteiger charge is 2.30. The number of ether oxygens (including phenoxy) is 1.